The molecule has 11 nitrogen and oxygen atoms in total. The van der Waals surface area contributed by atoms with Crippen LogP contribution in [0.1, 0.15) is 75.0 Å². The van der Waals surface area contributed by atoms with Gasteiger partial charge >= 0.3 is 5.97 Å². The van der Waals surface area contributed by atoms with Crippen molar-refractivity contribution in [3.8, 4) is 5.75 Å². The van der Waals surface area contributed by atoms with E-state index in [0.717, 1.165) is 67.7 Å². The molecular weight excluding hydrogens is 715 g/mol. The number of fused-ring (bicyclic) bond motifs is 2. The number of carbonyl (C=O) groups is 2. The summed E-state index contributed by atoms with van der Waals surface area (Å²) in [5.74, 6) is -0.392. The summed E-state index contributed by atoms with van der Waals surface area (Å²) in [7, 11) is 0. The average Bonchev–Trinajstić information content (AvgIpc) is 3.84. The number of aromatic amines is 1. The number of phenols is 1. The second-order valence-corrected chi connectivity index (χ2v) is 15.7. The molecule has 2 atom stereocenters. The number of rotatable bonds is 16. The fraction of sp³-hybridized carbons (Fsp3) is 0.372. The Hall–Kier alpha value is -4.85. The van der Waals surface area contributed by atoms with E-state index in [1.807, 2.05) is 36.4 Å². The van der Waals surface area contributed by atoms with E-state index in [2.05, 4.69) is 56.2 Å². The summed E-state index contributed by atoms with van der Waals surface area (Å²) in [6.07, 6.45) is 3.64. The molecule has 1 fully saturated rings. The van der Waals surface area contributed by atoms with Gasteiger partial charge in [0.15, 0.2) is 0 Å². The fourth-order valence-corrected chi connectivity index (χ4v) is 8.62. The summed E-state index contributed by atoms with van der Waals surface area (Å²) >= 11 is 1.42. The number of thiophene rings is 1. The minimum atomic E-state index is -0.938. The summed E-state index contributed by atoms with van der Waals surface area (Å²) in [4.78, 5) is 45.4. The zero-order valence-electron chi connectivity index (χ0n) is 30.9. The largest absolute Gasteiger partial charge is 0.506 e. The van der Waals surface area contributed by atoms with E-state index in [1.165, 1.54) is 29.0 Å². The highest BCUT2D eigenvalue weighted by molar-refractivity contribution is 7.14. The number of H-pyrrole nitrogens is 1. The van der Waals surface area contributed by atoms with Gasteiger partial charge in [0.05, 0.1) is 16.5 Å². The van der Waals surface area contributed by atoms with Gasteiger partial charge in [0, 0.05) is 55.6 Å². The molecule has 3 heterocycles. The van der Waals surface area contributed by atoms with Crippen LogP contribution in [0.4, 0.5) is 0 Å². The average molecular weight is 764 g/mol. The second-order valence-electron chi connectivity index (χ2n) is 14.5. The molecule has 55 heavy (non-hydrogen) atoms. The van der Waals surface area contributed by atoms with Crippen LogP contribution in [0.25, 0.3) is 10.9 Å². The molecule has 0 radical (unpaired) electrons. The van der Waals surface area contributed by atoms with Gasteiger partial charge in [-0.15, -0.1) is 11.3 Å². The number of ether oxygens (including phenoxy) is 1. The van der Waals surface area contributed by atoms with Crippen LogP contribution in [0.3, 0.4) is 0 Å². The summed E-state index contributed by atoms with van der Waals surface area (Å²) in [5, 5.41) is 31.3. The number of likely N-dealkylation sites (tertiary alicyclic amines) is 1. The van der Waals surface area contributed by atoms with Gasteiger partial charge in [-0.1, -0.05) is 60.7 Å². The Morgan fingerprint density at radius 2 is 1.73 bits per heavy atom. The van der Waals surface area contributed by atoms with Crippen molar-refractivity contribution >= 4 is 34.1 Å². The van der Waals surface area contributed by atoms with Gasteiger partial charge in [-0.05, 0) is 91.6 Å². The van der Waals surface area contributed by atoms with E-state index in [1.54, 1.807) is 12.1 Å². The van der Waals surface area contributed by atoms with E-state index in [0.29, 0.717) is 53.9 Å². The highest BCUT2D eigenvalue weighted by atomic mass is 32.1. The first kappa shape index (κ1) is 38.4. The third-order valence-corrected chi connectivity index (χ3v) is 11.9. The number of phenolic OH excluding ortho intramolecular Hbond substituents is 1. The van der Waals surface area contributed by atoms with Crippen LogP contribution in [-0.2, 0) is 34.6 Å². The molecule has 1 amide bonds. The Bertz CT molecular complexity index is 2150. The molecule has 3 aromatic carbocycles. The molecule has 5 aromatic rings. The molecular formula is C43H49N5O6S. The zero-order valence-corrected chi connectivity index (χ0v) is 31.7. The maximum atomic E-state index is 14.1. The van der Waals surface area contributed by atoms with Crippen LogP contribution < -0.4 is 21.5 Å². The number of aliphatic hydroxyl groups excluding tert-OH is 1. The summed E-state index contributed by atoms with van der Waals surface area (Å²) in [6.45, 7) is 4.57. The van der Waals surface area contributed by atoms with Gasteiger partial charge in [0.2, 0.25) is 5.56 Å². The van der Waals surface area contributed by atoms with E-state index in [9.17, 15) is 24.6 Å². The molecule has 1 aliphatic heterocycles. The van der Waals surface area contributed by atoms with Crippen LogP contribution in [0, 0.1) is 0 Å². The number of aryl methyl sites for hydroxylation is 1. The third-order valence-electron chi connectivity index (χ3n) is 10.8. The minimum Gasteiger partial charge on any atom is -0.506 e. The number of pyridine rings is 1. The topological polar surface area (TPSA) is 156 Å². The number of carbonyl (C=O) groups excluding carboxylic acids is 2. The minimum absolute atomic E-state index is 0.0448. The van der Waals surface area contributed by atoms with Crippen LogP contribution in [0.2, 0.25) is 0 Å². The number of aliphatic hydroxyl groups is 1. The number of unbranched alkanes of at least 4 members (excludes halogenated alkanes) is 1. The number of aromatic nitrogens is 1. The molecule has 2 aliphatic rings. The smallest absolute Gasteiger partial charge is 0.331 e. The number of esters is 1. The lowest BCUT2D eigenvalue weighted by atomic mass is 9.91. The van der Waals surface area contributed by atoms with E-state index in [4.69, 9.17) is 4.74 Å². The van der Waals surface area contributed by atoms with Gasteiger partial charge in [0.1, 0.15) is 17.4 Å². The molecule has 6 N–H and O–H groups in total. The number of benzene rings is 3. The number of piperidine rings is 1. The Kier molecular flexibility index (Phi) is 12.4. The number of aromatic hydroxyl groups is 1. The van der Waals surface area contributed by atoms with Gasteiger partial charge in [-0.25, -0.2) is 4.79 Å². The number of amides is 1. The van der Waals surface area contributed by atoms with Crippen LogP contribution in [-0.4, -0.2) is 70.8 Å². The molecule has 7 rings (SSSR count). The Morgan fingerprint density at radius 1 is 0.945 bits per heavy atom. The van der Waals surface area contributed by atoms with Crippen molar-refractivity contribution in [1.82, 2.24) is 25.8 Å². The van der Waals surface area contributed by atoms with Crippen LogP contribution in [0.5, 0.6) is 5.75 Å². The van der Waals surface area contributed by atoms with Crippen molar-refractivity contribution in [2.24, 2.45) is 0 Å². The Labute approximate surface area is 324 Å². The van der Waals surface area contributed by atoms with Gasteiger partial charge in [-0.3, -0.25) is 19.8 Å². The van der Waals surface area contributed by atoms with Gasteiger partial charge in [-0.2, -0.15) is 0 Å². The lowest BCUT2D eigenvalue weighted by Crippen LogP contribution is -2.50. The fourth-order valence-electron chi connectivity index (χ4n) is 7.75. The third kappa shape index (κ3) is 9.17. The second kappa shape index (κ2) is 17.7. The molecule has 0 saturated carbocycles. The number of nitrogens with one attached hydrogen (secondary N) is 4. The first-order chi connectivity index (χ1) is 26.8. The molecule has 288 valence electrons. The summed E-state index contributed by atoms with van der Waals surface area (Å²) in [5.41, 5.74) is 3.09. The first-order valence-electron chi connectivity index (χ1n) is 19.2. The van der Waals surface area contributed by atoms with Crippen molar-refractivity contribution in [1.29, 1.82) is 0 Å². The quantitative estimate of drug-likeness (QED) is 0.0583. The molecule has 2 aromatic heterocycles. The first-order valence-corrected chi connectivity index (χ1v) is 20.0. The van der Waals surface area contributed by atoms with Crippen LogP contribution >= 0.6 is 11.3 Å². The Balaban J connectivity index is 0.858. The van der Waals surface area contributed by atoms with E-state index in [-0.39, 0.29) is 29.3 Å². The number of nitrogens with zero attached hydrogens (tertiary/aromatic N) is 1. The predicted molar refractivity (Wildman–Crippen MR) is 214 cm³/mol. The number of hydrogen-bond donors (Lipinski definition) is 6. The van der Waals surface area contributed by atoms with E-state index >= 15 is 0 Å². The summed E-state index contributed by atoms with van der Waals surface area (Å²) in [6, 6.07) is 28.4. The SMILES string of the molecule is O=C(NCCCCNC[C@H](O)c1ccc(O)c2[nH]c(=O)ccc12)c1ccc(CNC2(C(=O)OC3CCN(Cc4ccccc4)CC3)CCc3ccccc32)s1. The molecule has 12 heteroatoms. The van der Waals surface area contributed by atoms with Crippen molar-refractivity contribution in [2.45, 2.75) is 69.4 Å². The van der Waals surface area contributed by atoms with Crippen molar-refractivity contribution in [3.63, 3.8) is 0 Å². The summed E-state index contributed by atoms with van der Waals surface area (Å²) < 4.78 is 6.28. The zero-order chi connectivity index (χ0) is 38.2. The highest BCUT2D eigenvalue weighted by Gasteiger charge is 2.47. The molecule has 0 bridgehead atoms. The molecule has 1 aliphatic carbocycles. The lowest BCUT2D eigenvalue weighted by Gasteiger charge is -2.35. The Morgan fingerprint density at radius 3 is 2.56 bits per heavy atom. The lowest BCUT2D eigenvalue weighted by molar-refractivity contribution is -0.160. The monoisotopic (exact) mass is 763 g/mol. The molecule has 0 spiro atoms. The predicted octanol–water partition coefficient (Wildman–Crippen LogP) is 5.27. The maximum Gasteiger partial charge on any atom is 0.331 e. The maximum absolute atomic E-state index is 14.1. The standard InChI is InChI=1S/C43H49N5O6S/c49-36-15-13-33(34-14-17-39(51)47-40(34)36)37(50)27-44-22-6-7-23-45-41(52)38-16-12-32(55-38)26-46-43(21-18-30-10-4-5-11-35(30)43)42(53)54-31-19-24-48(25-20-31)28-29-8-2-1-3-9-29/h1-5,8-17,31,37,44,46,49-50H,6-7,18-28H2,(H,45,52)(H,47,51)/t37-,43?/m0/s1. The number of hydrogen-bond acceptors (Lipinski definition) is 10. The van der Waals surface area contributed by atoms with Crippen molar-refractivity contribution in [3.05, 3.63) is 133 Å². The molecule has 1 saturated heterocycles. The normalized spacial score (nSPS) is 17.9. The van der Waals surface area contributed by atoms with Crippen LogP contribution in [0.15, 0.2) is 95.8 Å². The molecule has 1 unspecified atom stereocenters. The van der Waals surface area contributed by atoms with Gasteiger partial charge < -0.3 is 30.6 Å². The van der Waals surface area contributed by atoms with Gasteiger partial charge in [0.25, 0.3) is 5.91 Å². The highest BCUT2D eigenvalue weighted by Crippen LogP contribution is 2.39. The van der Waals surface area contributed by atoms with Crippen molar-refractivity contribution in [2.75, 3.05) is 32.7 Å². The van der Waals surface area contributed by atoms with Crippen molar-refractivity contribution < 1.29 is 24.5 Å². The van der Waals surface area contributed by atoms with E-state index < -0.39 is 11.6 Å².